The summed E-state index contributed by atoms with van der Waals surface area (Å²) in [5.41, 5.74) is 5.87. The van der Waals surface area contributed by atoms with Crippen LogP contribution in [0.25, 0.3) is 0 Å². The van der Waals surface area contributed by atoms with Crippen LogP contribution < -0.4 is 11.1 Å². The number of aromatic nitrogens is 1. The van der Waals surface area contributed by atoms with Crippen molar-refractivity contribution in [1.82, 2.24) is 10.3 Å². The molecule has 0 aliphatic carbocycles. The quantitative estimate of drug-likeness (QED) is 0.848. The van der Waals surface area contributed by atoms with Gasteiger partial charge in [-0.3, -0.25) is 4.79 Å². The fourth-order valence-corrected chi connectivity index (χ4v) is 1.39. The van der Waals surface area contributed by atoms with Crippen LogP contribution in [-0.4, -0.2) is 17.4 Å². The van der Waals surface area contributed by atoms with Crippen LogP contribution in [0.4, 0.5) is 5.82 Å². The van der Waals surface area contributed by atoms with Crippen molar-refractivity contribution in [2.75, 3.05) is 12.3 Å². The van der Waals surface area contributed by atoms with Gasteiger partial charge in [-0.1, -0.05) is 25.4 Å². The standard InChI is InChI=1S/C11H16ClN3O/c1-7(2)3-4-14-11(16)8-5-10(13)15-6-9(8)12/h5-7H,3-4H2,1-2H3,(H2,13,15)(H,14,16). The Morgan fingerprint density at radius 1 is 1.62 bits per heavy atom. The molecule has 0 radical (unpaired) electrons. The van der Waals surface area contributed by atoms with E-state index in [-0.39, 0.29) is 5.91 Å². The number of nitrogens with one attached hydrogen (secondary N) is 1. The van der Waals surface area contributed by atoms with Gasteiger partial charge in [0.05, 0.1) is 10.6 Å². The van der Waals surface area contributed by atoms with Crippen molar-refractivity contribution in [2.45, 2.75) is 20.3 Å². The number of pyridine rings is 1. The summed E-state index contributed by atoms with van der Waals surface area (Å²) < 4.78 is 0. The number of nitrogen functional groups attached to an aromatic ring is 1. The topological polar surface area (TPSA) is 68.0 Å². The highest BCUT2D eigenvalue weighted by Gasteiger charge is 2.10. The van der Waals surface area contributed by atoms with Crippen molar-refractivity contribution in [1.29, 1.82) is 0 Å². The van der Waals surface area contributed by atoms with Gasteiger partial charge in [0.2, 0.25) is 0 Å². The number of hydrogen-bond donors (Lipinski definition) is 2. The van der Waals surface area contributed by atoms with Crippen LogP contribution in [0, 0.1) is 5.92 Å². The van der Waals surface area contributed by atoms with Crippen LogP contribution in [0.5, 0.6) is 0 Å². The molecule has 1 amide bonds. The van der Waals surface area contributed by atoms with E-state index in [1.54, 1.807) is 0 Å². The molecule has 16 heavy (non-hydrogen) atoms. The van der Waals surface area contributed by atoms with Crippen molar-refractivity contribution in [2.24, 2.45) is 5.92 Å². The number of nitrogens with zero attached hydrogens (tertiary/aromatic N) is 1. The second kappa shape index (κ2) is 5.70. The number of hydrogen-bond acceptors (Lipinski definition) is 3. The van der Waals surface area contributed by atoms with Crippen molar-refractivity contribution < 1.29 is 4.79 Å². The highest BCUT2D eigenvalue weighted by Crippen LogP contribution is 2.16. The van der Waals surface area contributed by atoms with E-state index < -0.39 is 0 Å². The smallest absolute Gasteiger partial charge is 0.252 e. The van der Waals surface area contributed by atoms with Crippen LogP contribution >= 0.6 is 11.6 Å². The van der Waals surface area contributed by atoms with E-state index in [0.29, 0.717) is 28.9 Å². The molecule has 88 valence electrons. The summed E-state index contributed by atoms with van der Waals surface area (Å²) in [6.07, 6.45) is 2.32. The number of halogens is 1. The van der Waals surface area contributed by atoms with Gasteiger partial charge in [0, 0.05) is 12.7 Å². The van der Waals surface area contributed by atoms with Crippen molar-refractivity contribution >= 4 is 23.3 Å². The molecule has 4 nitrogen and oxygen atoms in total. The number of amides is 1. The van der Waals surface area contributed by atoms with Gasteiger partial charge >= 0.3 is 0 Å². The zero-order valence-electron chi connectivity index (χ0n) is 9.46. The van der Waals surface area contributed by atoms with Crippen molar-refractivity contribution in [3.8, 4) is 0 Å². The monoisotopic (exact) mass is 241 g/mol. The molecule has 0 aliphatic heterocycles. The van der Waals surface area contributed by atoms with Crippen LogP contribution in [0.1, 0.15) is 30.6 Å². The molecule has 0 atom stereocenters. The summed E-state index contributed by atoms with van der Waals surface area (Å²) in [6, 6.07) is 1.48. The Kier molecular flexibility index (Phi) is 4.55. The Morgan fingerprint density at radius 3 is 2.94 bits per heavy atom. The Bertz CT molecular complexity index is 379. The normalized spacial score (nSPS) is 10.5. The number of nitrogens with two attached hydrogens (primary N) is 1. The van der Waals surface area contributed by atoms with Crippen molar-refractivity contribution in [3.05, 3.63) is 22.8 Å². The molecule has 0 bridgehead atoms. The molecule has 0 unspecified atom stereocenters. The lowest BCUT2D eigenvalue weighted by molar-refractivity contribution is 0.0952. The Balaban J connectivity index is 2.62. The van der Waals surface area contributed by atoms with Crippen LogP contribution in [0.3, 0.4) is 0 Å². The first-order valence-electron chi connectivity index (χ1n) is 5.20. The van der Waals surface area contributed by atoms with E-state index in [2.05, 4.69) is 24.1 Å². The molecule has 5 heteroatoms. The average molecular weight is 242 g/mol. The lowest BCUT2D eigenvalue weighted by Crippen LogP contribution is -2.25. The predicted molar refractivity (Wildman–Crippen MR) is 65.4 cm³/mol. The maximum Gasteiger partial charge on any atom is 0.252 e. The second-order valence-electron chi connectivity index (χ2n) is 4.03. The number of carbonyl (C=O) groups excluding carboxylic acids is 1. The zero-order valence-corrected chi connectivity index (χ0v) is 10.2. The SMILES string of the molecule is CC(C)CCNC(=O)c1cc(N)ncc1Cl. The third-order valence-electron chi connectivity index (χ3n) is 2.13. The fourth-order valence-electron chi connectivity index (χ4n) is 1.20. The molecule has 1 rings (SSSR count). The minimum atomic E-state index is -0.209. The molecule has 0 saturated carbocycles. The lowest BCUT2D eigenvalue weighted by Gasteiger charge is -2.08. The van der Waals surface area contributed by atoms with E-state index in [1.165, 1.54) is 12.3 Å². The van der Waals surface area contributed by atoms with Gasteiger partial charge in [0.1, 0.15) is 5.82 Å². The Labute approximate surface area is 100 Å². The van der Waals surface area contributed by atoms with Crippen LogP contribution in [0.15, 0.2) is 12.3 Å². The van der Waals surface area contributed by atoms with Gasteiger partial charge in [0.15, 0.2) is 0 Å². The highest BCUT2D eigenvalue weighted by atomic mass is 35.5. The number of carbonyl (C=O) groups is 1. The molecule has 1 heterocycles. The van der Waals surface area contributed by atoms with Gasteiger partial charge in [-0.15, -0.1) is 0 Å². The van der Waals surface area contributed by atoms with Gasteiger partial charge in [-0.05, 0) is 18.4 Å². The number of rotatable bonds is 4. The number of anilines is 1. The van der Waals surface area contributed by atoms with Crippen LogP contribution in [0.2, 0.25) is 5.02 Å². The maximum absolute atomic E-state index is 11.7. The first-order valence-corrected chi connectivity index (χ1v) is 5.57. The molecule has 0 spiro atoms. The van der Waals surface area contributed by atoms with E-state index >= 15 is 0 Å². The summed E-state index contributed by atoms with van der Waals surface area (Å²) in [4.78, 5) is 15.5. The predicted octanol–water partition coefficient (Wildman–Crippen LogP) is 2.09. The van der Waals surface area contributed by atoms with E-state index in [9.17, 15) is 4.79 Å². The Morgan fingerprint density at radius 2 is 2.31 bits per heavy atom. The molecular weight excluding hydrogens is 226 g/mol. The first-order chi connectivity index (χ1) is 7.50. The first kappa shape index (κ1) is 12.8. The highest BCUT2D eigenvalue weighted by molar-refractivity contribution is 6.33. The summed E-state index contributed by atoms with van der Waals surface area (Å²) in [5, 5.41) is 3.11. The average Bonchev–Trinajstić information content (AvgIpc) is 2.21. The van der Waals surface area contributed by atoms with E-state index in [4.69, 9.17) is 17.3 Å². The zero-order chi connectivity index (χ0) is 12.1. The fraction of sp³-hybridized carbons (Fsp3) is 0.455. The summed E-state index contributed by atoms with van der Waals surface area (Å²) in [6.45, 7) is 4.84. The minimum Gasteiger partial charge on any atom is -0.384 e. The van der Waals surface area contributed by atoms with E-state index in [1.807, 2.05) is 0 Å². The minimum absolute atomic E-state index is 0.209. The molecule has 3 N–H and O–H groups in total. The van der Waals surface area contributed by atoms with Crippen LogP contribution in [-0.2, 0) is 0 Å². The molecule has 0 saturated heterocycles. The molecule has 0 aliphatic rings. The third kappa shape index (κ3) is 3.70. The second-order valence-corrected chi connectivity index (χ2v) is 4.43. The van der Waals surface area contributed by atoms with E-state index in [0.717, 1.165) is 6.42 Å². The lowest BCUT2D eigenvalue weighted by atomic mass is 10.1. The molecule has 0 aromatic carbocycles. The van der Waals surface area contributed by atoms with Crippen molar-refractivity contribution in [3.63, 3.8) is 0 Å². The van der Waals surface area contributed by atoms with Gasteiger partial charge in [-0.2, -0.15) is 0 Å². The third-order valence-corrected chi connectivity index (χ3v) is 2.43. The molecule has 0 fully saturated rings. The maximum atomic E-state index is 11.7. The van der Waals surface area contributed by atoms with Gasteiger partial charge in [-0.25, -0.2) is 4.98 Å². The molecule has 1 aromatic heterocycles. The summed E-state index contributed by atoms with van der Waals surface area (Å²) in [5.74, 6) is 0.636. The molecular formula is C11H16ClN3O. The summed E-state index contributed by atoms with van der Waals surface area (Å²) in [7, 11) is 0. The van der Waals surface area contributed by atoms with Gasteiger partial charge < -0.3 is 11.1 Å². The largest absolute Gasteiger partial charge is 0.384 e. The van der Waals surface area contributed by atoms with Gasteiger partial charge in [0.25, 0.3) is 5.91 Å². The Hall–Kier alpha value is -1.29. The molecule has 1 aromatic rings. The summed E-state index contributed by atoms with van der Waals surface area (Å²) >= 11 is 5.85.